The molecule has 188 valence electrons. The van der Waals surface area contributed by atoms with Crippen LogP contribution in [0.15, 0.2) is 42.5 Å². The normalized spacial score (nSPS) is 28.9. The van der Waals surface area contributed by atoms with Crippen molar-refractivity contribution < 1.29 is 19.4 Å². The van der Waals surface area contributed by atoms with Crippen molar-refractivity contribution in [3.8, 4) is 17.6 Å². The monoisotopic (exact) mass is 485 g/mol. The molecule has 5 heteroatoms. The Morgan fingerprint density at radius 2 is 1.69 bits per heavy atom. The first-order valence-electron chi connectivity index (χ1n) is 13.5. The highest BCUT2D eigenvalue weighted by Crippen LogP contribution is 2.61. The molecule has 2 aromatic carbocycles. The highest BCUT2D eigenvalue weighted by molar-refractivity contribution is 5.90. The number of hydrogen-bond acceptors (Lipinski definition) is 4. The van der Waals surface area contributed by atoms with E-state index in [0.717, 1.165) is 61.9 Å². The molecule has 1 heterocycles. The fourth-order valence-electron chi connectivity index (χ4n) is 7.62. The number of carboxylic acid groups (broad SMARTS) is 1. The lowest BCUT2D eigenvalue weighted by Crippen LogP contribution is -2.48. The maximum absolute atomic E-state index is 11.6. The molecule has 1 aliphatic heterocycles. The van der Waals surface area contributed by atoms with Crippen molar-refractivity contribution >= 4 is 5.97 Å². The molecule has 0 amide bonds. The van der Waals surface area contributed by atoms with Crippen molar-refractivity contribution in [3.63, 3.8) is 0 Å². The molecule has 4 saturated carbocycles. The minimum atomic E-state index is -0.946. The fraction of sp³-hybridized carbons (Fsp3) is 0.516. The highest BCUT2D eigenvalue weighted by Gasteiger charge is 2.52. The van der Waals surface area contributed by atoms with E-state index >= 15 is 0 Å². The summed E-state index contributed by atoms with van der Waals surface area (Å²) in [6, 6.07) is 13.4. The van der Waals surface area contributed by atoms with Crippen LogP contribution in [0, 0.1) is 29.6 Å². The summed E-state index contributed by atoms with van der Waals surface area (Å²) >= 11 is 0. The summed E-state index contributed by atoms with van der Waals surface area (Å²) in [7, 11) is 0. The van der Waals surface area contributed by atoms with Crippen LogP contribution >= 0.6 is 0 Å². The van der Waals surface area contributed by atoms with Gasteiger partial charge in [-0.25, -0.2) is 4.79 Å². The van der Waals surface area contributed by atoms with Crippen molar-refractivity contribution in [1.29, 1.82) is 0 Å². The van der Waals surface area contributed by atoms with Crippen LogP contribution in [0.1, 0.15) is 65.6 Å². The second kappa shape index (κ2) is 9.92. The summed E-state index contributed by atoms with van der Waals surface area (Å²) < 4.78 is 12.0. The standard InChI is InChI=1S/C31H35NO4/c33-30(34)27-4-2-1-3-26(27)7-5-22-6-8-29(36-14-11-32-9-12-35-13-10-32)28(18-22)31-19-23-15-24(20-31)17-25(16-23)21-31/h1-4,6,8,18,23-25H,9-17,19-21H2,(H,33,34). The number of rotatable bonds is 6. The maximum atomic E-state index is 11.6. The van der Waals surface area contributed by atoms with Crippen molar-refractivity contribution in [2.75, 3.05) is 39.5 Å². The van der Waals surface area contributed by atoms with E-state index in [9.17, 15) is 9.90 Å². The Bertz CT molecular complexity index is 1150. The second-order valence-corrected chi connectivity index (χ2v) is 11.3. The summed E-state index contributed by atoms with van der Waals surface area (Å²) in [5.74, 6) is 9.00. The summed E-state index contributed by atoms with van der Waals surface area (Å²) in [5, 5.41) is 9.52. The van der Waals surface area contributed by atoms with Crippen LogP contribution in [-0.2, 0) is 10.2 Å². The van der Waals surface area contributed by atoms with E-state index in [4.69, 9.17) is 9.47 Å². The lowest BCUT2D eigenvalue weighted by molar-refractivity contribution is -0.00669. The minimum Gasteiger partial charge on any atom is -0.492 e. The van der Waals surface area contributed by atoms with Crippen LogP contribution in [-0.4, -0.2) is 55.4 Å². The molecule has 4 aliphatic carbocycles. The SMILES string of the molecule is O=C(O)c1ccccc1C#Cc1ccc(OCCN2CCOCC2)c(C23CC4CC(CC(C4)C2)C3)c1. The van der Waals surface area contributed by atoms with Crippen LogP contribution < -0.4 is 4.74 Å². The van der Waals surface area contributed by atoms with Crippen LogP contribution in [0.2, 0.25) is 0 Å². The topological polar surface area (TPSA) is 59.0 Å². The number of benzene rings is 2. The molecule has 1 N–H and O–H groups in total. The Kier molecular flexibility index (Phi) is 6.50. The van der Waals surface area contributed by atoms with Crippen LogP contribution in [0.25, 0.3) is 0 Å². The smallest absolute Gasteiger partial charge is 0.336 e. The van der Waals surface area contributed by atoms with Crippen molar-refractivity contribution in [2.24, 2.45) is 17.8 Å². The molecule has 5 fully saturated rings. The van der Waals surface area contributed by atoms with Gasteiger partial charge in [0, 0.05) is 36.3 Å². The molecule has 0 aromatic heterocycles. The number of carbonyl (C=O) groups is 1. The molecular weight excluding hydrogens is 450 g/mol. The summed E-state index contributed by atoms with van der Waals surface area (Å²) in [4.78, 5) is 14.0. The average Bonchev–Trinajstić information content (AvgIpc) is 2.88. The zero-order valence-corrected chi connectivity index (χ0v) is 20.9. The van der Waals surface area contributed by atoms with Crippen LogP contribution in [0.5, 0.6) is 5.75 Å². The molecule has 2 aromatic rings. The Labute approximate surface area is 213 Å². The molecule has 7 rings (SSSR count). The quantitative estimate of drug-likeness (QED) is 0.586. The Hall–Kier alpha value is -2.81. The van der Waals surface area contributed by atoms with Gasteiger partial charge in [-0.15, -0.1) is 0 Å². The lowest BCUT2D eigenvalue weighted by atomic mass is 9.48. The highest BCUT2D eigenvalue weighted by atomic mass is 16.5. The molecule has 0 atom stereocenters. The van der Waals surface area contributed by atoms with Gasteiger partial charge in [-0.1, -0.05) is 24.0 Å². The predicted molar refractivity (Wildman–Crippen MR) is 138 cm³/mol. The van der Waals surface area contributed by atoms with Gasteiger partial charge in [0.1, 0.15) is 12.4 Å². The van der Waals surface area contributed by atoms with Gasteiger partial charge in [-0.05, 0) is 92.0 Å². The van der Waals surface area contributed by atoms with Gasteiger partial charge < -0.3 is 14.6 Å². The largest absolute Gasteiger partial charge is 0.492 e. The van der Waals surface area contributed by atoms with Crippen molar-refractivity contribution in [1.82, 2.24) is 4.90 Å². The van der Waals surface area contributed by atoms with E-state index in [-0.39, 0.29) is 11.0 Å². The van der Waals surface area contributed by atoms with E-state index in [2.05, 4.69) is 28.9 Å². The third kappa shape index (κ3) is 4.77. The Morgan fingerprint density at radius 1 is 1.00 bits per heavy atom. The number of carboxylic acids is 1. The van der Waals surface area contributed by atoms with Gasteiger partial charge in [0.2, 0.25) is 0 Å². The van der Waals surface area contributed by atoms with Gasteiger partial charge in [0.05, 0.1) is 18.8 Å². The summed E-state index contributed by atoms with van der Waals surface area (Å²) in [6.07, 6.45) is 7.99. The number of aromatic carboxylic acids is 1. The first-order chi connectivity index (χ1) is 17.6. The van der Waals surface area contributed by atoms with E-state index in [1.54, 1.807) is 18.2 Å². The first kappa shape index (κ1) is 23.6. The van der Waals surface area contributed by atoms with E-state index < -0.39 is 5.97 Å². The predicted octanol–water partition coefficient (Wildman–Crippen LogP) is 4.96. The summed E-state index contributed by atoms with van der Waals surface area (Å²) in [5.41, 5.74) is 3.25. The molecular formula is C31H35NO4. The third-order valence-corrected chi connectivity index (χ3v) is 8.86. The third-order valence-electron chi connectivity index (χ3n) is 8.86. The molecule has 5 nitrogen and oxygen atoms in total. The van der Waals surface area contributed by atoms with E-state index in [1.165, 1.54) is 44.1 Å². The van der Waals surface area contributed by atoms with Crippen molar-refractivity contribution in [2.45, 2.75) is 43.9 Å². The van der Waals surface area contributed by atoms with Gasteiger partial charge >= 0.3 is 5.97 Å². The second-order valence-electron chi connectivity index (χ2n) is 11.3. The molecule has 0 unspecified atom stereocenters. The van der Waals surface area contributed by atoms with Gasteiger partial charge in [0.15, 0.2) is 0 Å². The van der Waals surface area contributed by atoms with E-state index in [1.807, 2.05) is 12.1 Å². The van der Waals surface area contributed by atoms with Crippen molar-refractivity contribution in [3.05, 3.63) is 64.7 Å². The maximum Gasteiger partial charge on any atom is 0.336 e. The number of hydrogen-bond donors (Lipinski definition) is 1. The molecule has 1 saturated heterocycles. The lowest BCUT2D eigenvalue weighted by Gasteiger charge is -2.57. The number of nitrogens with zero attached hydrogens (tertiary/aromatic N) is 1. The zero-order chi connectivity index (χ0) is 24.5. The summed E-state index contributed by atoms with van der Waals surface area (Å²) in [6.45, 7) is 5.14. The van der Waals surface area contributed by atoms with Gasteiger partial charge in [0.25, 0.3) is 0 Å². The average molecular weight is 486 g/mol. The van der Waals surface area contributed by atoms with Gasteiger partial charge in [-0.3, -0.25) is 4.90 Å². The Morgan fingerprint density at radius 3 is 2.39 bits per heavy atom. The first-order valence-corrected chi connectivity index (χ1v) is 13.5. The van der Waals surface area contributed by atoms with E-state index in [0.29, 0.717) is 12.2 Å². The van der Waals surface area contributed by atoms with Gasteiger partial charge in [-0.2, -0.15) is 0 Å². The Balaban J connectivity index is 1.30. The molecule has 5 aliphatic rings. The number of ether oxygens (including phenoxy) is 2. The molecule has 0 spiro atoms. The molecule has 36 heavy (non-hydrogen) atoms. The molecule has 0 radical (unpaired) electrons. The van der Waals surface area contributed by atoms with Crippen LogP contribution in [0.4, 0.5) is 0 Å². The zero-order valence-electron chi connectivity index (χ0n) is 20.9. The number of morpholine rings is 1. The molecule has 4 bridgehead atoms. The fourth-order valence-corrected chi connectivity index (χ4v) is 7.62. The van der Waals surface area contributed by atoms with Crippen LogP contribution in [0.3, 0.4) is 0 Å². The minimum absolute atomic E-state index is 0.194.